The van der Waals surface area contributed by atoms with E-state index in [1.807, 2.05) is 24.3 Å². The number of nitrogens with zero attached hydrogens (tertiary/aromatic N) is 1. The molecule has 0 aromatic heterocycles. The molecule has 2 N–H and O–H groups in total. The lowest BCUT2D eigenvalue weighted by molar-refractivity contribution is -0.117. The third kappa shape index (κ3) is 4.67. The molecule has 25 heavy (non-hydrogen) atoms. The van der Waals surface area contributed by atoms with Crippen LogP contribution in [0.15, 0.2) is 53.6 Å². The molecule has 6 heteroatoms. The lowest BCUT2D eigenvalue weighted by Crippen LogP contribution is -2.19. The highest BCUT2D eigenvalue weighted by Gasteiger charge is 2.29. The zero-order chi connectivity index (χ0) is 17.8. The molecule has 0 spiro atoms. The van der Waals surface area contributed by atoms with Gasteiger partial charge in [0.25, 0.3) is 5.91 Å². The van der Waals surface area contributed by atoms with Crippen molar-refractivity contribution in [1.82, 2.24) is 5.43 Å². The number of amides is 2. The number of hydrazone groups is 1. The maximum atomic E-state index is 12.1. The predicted octanol–water partition coefficient (Wildman–Crippen LogP) is 3.84. The van der Waals surface area contributed by atoms with Crippen LogP contribution in [-0.4, -0.2) is 17.5 Å². The molecule has 0 heterocycles. The molecule has 1 aliphatic rings. The van der Waals surface area contributed by atoms with Crippen LogP contribution in [0.1, 0.15) is 35.7 Å². The Morgan fingerprint density at radius 2 is 1.80 bits per heavy atom. The Morgan fingerprint density at radius 1 is 1.08 bits per heavy atom. The minimum atomic E-state index is -0.333. The molecule has 0 atom stereocenters. The highest BCUT2D eigenvalue weighted by Crippen LogP contribution is 2.30. The van der Waals surface area contributed by atoms with Crippen molar-refractivity contribution >= 4 is 34.8 Å². The first kappa shape index (κ1) is 17.2. The summed E-state index contributed by atoms with van der Waals surface area (Å²) >= 11 is 5.88. The Kier molecular flexibility index (Phi) is 5.14. The van der Waals surface area contributed by atoms with Gasteiger partial charge in [-0.15, -0.1) is 0 Å². The van der Waals surface area contributed by atoms with Crippen LogP contribution in [0.5, 0.6) is 0 Å². The number of hydrogen-bond acceptors (Lipinski definition) is 3. The molecule has 0 radical (unpaired) electrons. The molecular weight excluding hydrogens is 338 g/mol. The molecule has 2 aromatic rings. The number of benzene rings is 2. The van der Waals surface area contributed by atoms with Crippen LogP contribution in [0.2, 0.25) is 5.02 Å². The fourth-order valence-corrected chi connectivity index (χ4v) is 2.50. The van der Waals surface area contributed by atoms with E-state index in [4.69, 9.17) is 11.6 Å². The third-order valence-corrected chi connectivity index (χ3v) is 4.14. The van der Waals surface area contributed by atoms with Crippen molar-refractivity contribution < 1.29 is 9.59 Å². The van der Waals surface area contributed by atoms with Crippen molar-refractivity contribution in [2.24, 2.45) is 11.0 Å². The summed E-state index contributed by atoms with van der Waals surface area (Å²) in [4.78, 5) is 23.9. The van der Waals surface area contributed by atoms with E-state index >= 15 is 0 Å². The van der Waals surface area contributed by atoms with Crippen LogP contribution in [0.3, 0.4) is 0 Å². The summed E-state index contributed by atoms with van der Waals surface area (Å²) in [5.41, 5.74) is 5.14. The van der Waals surface area contributed by atoms with Crippen molar-refractivity contribution in [3.8, 4) is 0 Å². The molecule has 5 nitrogen and oxygen atoms in total. The molecule has 1 fully saturated rings. The zero-order valence-corrected chi connectivity index (χ0v) is 14.5. The van der Waals surface area contributed by atoms with Gasteiger partial charge in [-0.3, -0.25) is 9.59 Å². The van der Waals surface area contributed by atoms with Gasteiger partial charge < -0.3 is 5.32 Å². The maximum Gasteiger partial charge on any atom is 0.271 e. The maximum absolute atomic E-state index is 12.1. The molecule has 2 amide bonds. The molecular formula is C19H18ClN3O2. The van der Waals surface area contributed by atoms with Crippen molar-refractivity contribution in [3.63, 3.8) is 0 Å². The van der Waals surface area contributed by atoms with Crippen molar-refractivity contribution in [1.29, 1.82) is 0 Å². The SMILES string of the molecule is CC(=NNC(=O)c1cccc(Cl)c1)c1cccc(NC(=O)C2CC2)c1. The van der Waals surface area contributed by atoms with Crippen LogP contribution in [0.4, 0.5) is 5.69 Å². The van der Waals surface area contributed by atoms with E-state index < -0.39 is 0 Å². The van der Waals surface area contributed by atoms with Gasteiger partial charge in [0.2, 0.25) is 5.91 Å². The highest BCUT2D eigenvalue weighted by molar-refractivity contribution is 6.31. The summed E-state index contributed by atoms with van der Waals surface area (Å²) in [6.45, 7) is 1.79. The summed E-state index contributed by atoms with van der Waals surface area (Å²) < 4.78 is 0. The van der Waals surface area contributed by atoms with Gasteiger partial charge in [-0.1, -0.05) is 29.8 Å². The van der Waals surface area contributed by atoms with E-state index in [9.17, 15) is 9.59 Å². The van der Waals surface area contributed by atoms with E-state index in [2.05, 4.69) is 15.8 Å². The lowest BCUT2D eigenvalue weighted by Gasteiger charge is -2.07. The smallest absolute Gasteiger partial charge is 0.271 e. The molecule has 0 unspecified atom stereocenters. The summed E-state index contributed by atoms with van der Waals surface area (Å²) in [5, 5.41) is 7.52. The fourth-order valence-electron chi connectivity index (χ4n) is 2.31. The number of carbonyl (C=O) groups is 2. The number of halogens is 1. The summed E-state index contributed by atoms with van der Waals surface area (Å²) in [5.74, 6) is -0.128. The number of anilines is 1. The van der Waals surface area contributed by atoms with E-state index in [1.54, 1.807) is 31.2 Å². The number of rotatable bonds is 5. The Balaban J connectivity index is 1.67. The molecule has 1 aliphatic carbocycles. The largest absolute Gasteiger partial charge is 0.326 e. The lowest BCUT2D eigenvalue weighted by atomic mass is 10.1. The van der Waals surface area contributed by atoms with Gasteiger partial charge in [-0.25, -0.2) is 5.43 Å². The molecule has 3 rings (SSSR count). The van der Waals surface area contributed by atoms with E-state index in [-0.39, 0.29) is 17.7 Å². The molecule has 0 bridgehead atoms. The Morgan fingerprint density at radius 3 is 2.52 bits per heavy atom. The van der Waals surface area contributed by atoms with Gasteiger partial charge >= 0.3 is 0 Å². The van der Waals surface area contributed by atoms with E-state index in [0.717, 1.165) is 24.1 Å². The first-order chi connectivity index (χ1) is 12.0. The average molecular weight is 356 g/mol. The van der Waals surface area contributed by atoms with Gasteiger partial charge in [-0.05, 0) is 55.7 Å². The number of hydrogen-bond donors (Lipinski definition) is 2. The van der Waals surface area contributed by atoms with Crippen LogP contribution >= 0.6 is 11.6 Å². The molecule has 1 saturated carbocycles. The molecule has 2 aromatic carbocycles. The van der Waals surface area contributed by atoms with Gasteiger partial charge in [-0.2, -0.15) is 5.10 Å². The second-order valence-corrected chi connectivity index (χ2v) is 6.43. The van der Waals surface area contributed by atoms with Gasteiger partial charge in [0.15, 0.2) is 0 Å². The molecule has 128 valence electrons. The van der Waals surface area contributed by atoms with Crippen LogP contribution in [-0.2, 0) is 4.79 Å². The number of nitrogens with one attached hydrogen (secondary N) is 2. The fraction of sp³-hybridized carbons (Fsp3) is 0.211. The summed E-state index contributed by atoms with van der Waals surface area (Å²) in [6.07, 6.45) is 1.92. The van der Waals surface area contributed by atoms with Crippen LogP contribution in [0.25, 0.3) is 0 Å². The Hall–Kier alpha value is -2.66. The minimum absolute atomic E-state index is 0.0565. The van der Waals surface area contributed by atoms with Gasteiger partial charge in [0, 0.05) is 22.2 Å². The first-order valence-electron chi connectivity index (χ1n) is 8.04. The van der Waals surface area contributed by atoms with E-state index in [0.29, 0.717) is 16.3 Å². The monoisotopic (exact) mass is 355 g/mol. The van der Waals surface area contributed by atoms with Gasteiger partial charge in [0.05, 0.1) is 5.71 Å². The second-order valence-electron chi connectivity index (χ2n) is 5.99. The average Bonchev–Trinajstić information content (AvgIpc) is 3.44. The van der Waals surface area contributed by atoms with Crippen molar-refractivity contribution in [2.75, 3.05) is 5.32 Å². The standard InChI is InChI=1S/C19H18ClN3O2/c1-12(22-23-19(25)15-5-2-6-16(20)10-15)14-4-3-7-17(11-14)21-18(24)13-8-9-13/h2-7,10-11,13H,8-9H2,1H3,(H,21,24)(H,23,25). The van der Waals surface area contributed by atoms with Crippen LogP contribution in [0, 0.1) is 5.92 Å². The molecule has 0 saturated heterocycles. The first-order valence-corrected chi connectivity index (χ1v) is 8.42. The zero-order valence-electron chi connectivity index (χ0n) is 13.8. The highest BCUT2D eigenvalue weighted by atomic mass is 35.5. The summed E-state index contributed by atoms with van der Waals surface area (Å²) in [6, 6.07) is 14.0. The van der Waals surface area contributed by atoms with Crippen molar-refractivity contribution in [3.05, 3.63) is 64.7 Å². The minimum Gasteiger partial charge on any atom is -0.326 e. The normalized spacial score (nSPS) is 14.1. The quantitative estimate of drug-likeness (QED) is 0.631. The predicted molar refractivity (Wildman–Crippen MR) is 98.9 cm³/mol. The molecule has 0 aliphatic heterocycles. The second kappa shape index (κ2) is 7.49. The Labute approximate surface area is 151 Å². The van der Waals surface area contributed by atoms with Crippen LogP contribution < -0.4 is 10.7 Å². The van der Waals surface area contributed by atoms with E-state index in [1.165, 1.54) is 0 Å². The number of carbonyl (C=O) groups excluding carboxylic acids is 2. The van der Waals surface area contributed by atoms with Crippen molar-refractivity contribution in [2.45, 2.75) is 19.8 Å². The summed E-state index contributed by atoms with van der Waals surface area (Å²) in [7, 11) is 0. The van der Waals surface area contributed by atoms with Gasteiger partial charge in [0.1, 0.15) is 0 Å². The topological polar surface area (TPSA) is 70.6 Å². The third-order valence-electron chi connectivity index (χ3n) is 3.91. The Bertz CT molecular complexity index is 844.